The fraction of sp³-hybridized carbons (Fsp3) is 0.286. The van der Waals surface area contributed by atoms with Crippen LogP contribution in [-0.2, 0) is 6.42 Å². The van der Waals surface area contributed by atoms with Gasteiger partial charge in [-0.2, -0.15) is 5.10 Å². The standard InChI is InChI=1S/C21H24N2S/c1-4-15-24-19-13-11-18(12-14-19)23(22-3)21-16(2)9-10-17-7-5-6-8-20(17)21/h5-8,11-14H,3-4,9-10,15H2,1-2H3. The molecule has 0 spiro atoms. The molecule has 0 bridgehead atoms. The van der Waals surface area contributed by atoms with Crippen LogP contribution in [0.15, 0.2) is 64.1 Å². The topological polar surface area (TPSA) is 15.6 Å². The van der Waals surface area contributed by atoms with Gasteiger partial charge < -0.3 is 0 Å². The minimum Gasteiger partial charge on any atom is -0.234 e. The summed E-state index contributed by atoms with van der Waals surface area (Å²) in [5, 5.41) is 6.33. The summed E-state index contributed by atoms with van der Waals surface area (Å²) in [4.78, 5) is 1.30. The number of aryl methyl sites for hydroxylation is 1. The maximum absolute atomic E-state index is 4.34. The van der Waals surface area contributed by atoms with Crippen LogP contribution in [0.1, 0.15) is 37.8 Å². The molecule has 3 heteroatoms. The third-order valence-electron chi connectivity index (χ3n) is 4.35. The van der Waals surface area contributed by atoms with E-state index in [0.717, 1.165) is 24.3 Å². The molecular formula is C21H24N2S. The SMILES string of the molecule is C=NN(C1=C(C)CCc2ccccc21)c1ccc(SCCC)cc1. The van der Waals surface area contributed by atoms with Crippen molar-refractivity contribution in [3.8, 4) is 0 Å². The van der Waals surface area contributed by atoms with Crippen LogP contribution in [0.5, 0.6) is 0 Å². The van der Waals surface area contributed by atoms with E-state index in [1.54, 1.807) is 0 Å². The number of hydrogen-bond acceptors (Lipinski definition) is 3. The lowest BCUT2D eigenvalue weighted by molar-refractivity contribution is 0.897. The molecular weight excluding hydrogens is 312 g/mol. The highest BCUT2D eigenvalue weighted by molar-refractivity contribution is 7.99. The van der Waals surface area contributed by atoms with Gasteiger partial charge in [-0.1, -0.05) is 31.2 Å². The van der Waals surface area contributed by atoms with Crippen molar-refractivity contribution < 1.29 is 0 Å². The second-order valence-corrected chi connectivity index (χ2v) is 7.25. The maximum Gasteiger partial charge on any atom is 0.0716 e. The number of anilines is 1. The molecule has 0 fully saturated rings. The maximum atomic E-state index is 4.34. The molecule has 0 atom stereocenters. The highest BCUT2D eigenvalue weighted by Crippen LogP contribution is 2.36. The van der Waals surface area contributed by atoms with Crippen molar-refractivity contribution in [2.24, 2.45) is 5.10 Å². The molecule has 124 valence electrons. The van der Waals surface area contributed by atoms with Crippen LogP contribution in [0.2, 0.25) is 0 Å². The molecule has 0 saturated carbocycles. The average Bonchev–Trinajstić information content (AvgIpc) is 2.63. The molecule has 2 aromatic carbocycles. The van der Waals surface area contributed by atoms with Crippen LogP contribution in [0, 0.1) is 0 Å². The molecule has 0 aliphatic heterocycles. The van der Waals surface area contributed by atoms with E-state index in [9.17, 15) is 0 Å². The molecule has 0 unspecified atom stereocenters. The van der Waals surface area contributed by atoms with Gasteiger partial charge in [-0.05, 0) is 67.3 Å². The summed E-state index contributed by atoms with van der Waals surface area (Å²) in [7, 11) is 0. The normalized spacial score (nSPS) is 13.6. The predicted octanol–water partition coefficient (Wildman–Crippen LogP) is 5.99. The smallest absolute Gasteiger partial charge is 0.0716 e. The zero-order valence-corrected chi connectivity index (χ0v) is 15.3. The Hall–Kier alpha value is -2.00. The van der Waals surface area contributed by atoms with Crippen LogP contribution in [-0.4, -0.2) is 12.5 Å². The molecule has 0 aromatic heterocycles. The van der Waals surface area contributed by atoms with E-state index in [4.69, 9.17) is 0 Å². The summed E-state index contributed by atoms with van der Waals surface area (Å²) in [5.41, 5.74) is 6.28. The molecule has 0 radical (unpaired) electrons. The van der Waals surface area contributed by atoms with Gasteiger partial charge in [0.1, 0.15) is 0 Å². The van der Waals surface area contributed by atoms with Gasteiger partial charge >= 0.3 is 0 Å². The third kappa shape index (κ3) is 3.41. The van der Waals surface area contributed by atoms with Gasteiger partial charge in [-0.3, -0.25) is 0 Å². The van der Waals surface area contributed by atoms with Crippen molar-refractivity contribution in [2.75, 3.05) is 10.8 Å². The van der Waals surface area contributed by atoms with E-state index in [1.165, 1.54) is 33.7 Å². The first kappa shape index (κ1) is 16.8. The summed E-state index contributed by atoms with van der Waals surface area (Å²) in [6.07, 6.45) is 3.36. The summed E-state index contributed by atoms with van der Waals surface area (Å²) in [5.74, 6) is 1.15. The Morgan fingerprint density at radius 1 is 1.08 bits per heavy atom. The number of rotatable bonds is 6. The number of nitrogens with zero attached hydrogens (tertiary/aromatic N) is 2. The van der Waals surface area contributed by atoms with Gasteiger partial charge in [0.2, 0.25) is 0 Å². The molecule has 0 saturated heterocycles. The Morgan fingerprint density at radius 3 is 2.54 bits per heavy atom. The van der Waals surface area contributed by atoms with Gasteiger partial charge in [0.15, 0.2) is 0 Å². The van der Waals surface area contributed by atoms with Crippen molar-refractivity contribution in [2.45, 2.75) is 38.0 Å². The zero-order valence-electron chi connectivity index (χ0n) is 14.5. The Balaban J connectivity index is 1.95. The van der Waals surface area contributed by atoms with Gasteiger partial charge in [0.05, 0.1) is 11.4 Å². The number of hydrogen-bond donors (Lipinski definition) is 0. The summed E-state index contributed by atoms with van der Waals surface area (Å²) >= 11 is 1.90. The first-order valence-corrected chi connectivity index (χ1v) is 9.50. The predicted molar refractivity (Wildman–Crippen MR) is 107 cm³/mol. The quantitative estimate of drug-likeness (QED) is 0.366. The minimum absolute atomic E-state index is 1.07. The Morgan fingerprint density at radius 2 is 1.83 bits per heavy atom. The van der Waals surface area contributed by atoms with Crippen molar-refractivity contribution in [3.05, 3.63) is 65.2 Å². The summed E-state index contributed by atoms with van der Waals surface area (Å²) < 4.78 is 0. The van der Waals surface area contributed by atoms with Crippen LogP contribution in [0.3, 0.4) is 0 Å². The lowest BCUT2D eigenvalue weighted by atomic mass is 9.89. The monoisotopic (exact) mass is 336 g/mol. The van der Waals surface area contributed by atoms with Crippen molar-refractivity contribution in [1.29, 1.82) is 0 Å². The molecule has 0 amide bonds. The second-order valence-electron chi connectivity index (χ2n) is 6.08. The minimum atomic E-state index is 1.07. The molecule has 2 nitrogen and oxygen atoms in total. The lowest BCUT2D eigenvalue weighted by Crippen LogP contribution is -2.19. The number of allylic oxidation sites excluding steroid dienone is 1. The average molecular weight is 337 g/mol. The van der Waals surface area contributed by atoms with E-state index >= 15 is 0 Å². The number of hydrazone groups is 1. The van der Waals surface area contributed by atoms with Crippen molar-refractivity contribution in [1.82, 2.24) is 0 Å². The van der Waals surface area contributed by atoms with Crippen molar-refractivity contribution >= 4 is 29.9 Å². The fourth-order valence-electron chi connectivity index (χ4n) is 3.12. The van der Waals surface area contributed by atoms with E-state index in [2.05, 4.69) is 74.2 Å². The van der Waals surface area contributed by atoms with E-state index in [-0.39, 0.29) is 0 Å². The highest BCUT2D eigenvalue weighted by Gasteiger charge is 2.22. The fourth-order valence-corrected chi connectivity index (χ4v) is 3.89. The molecule has 1 aliphatic rings. The van der Waals surface area contributed by atoms with E-state index in [1.807, 2.05) is 16.8 Å². The summed E-state index contributed by atoms with van der Waals surface area (Å²) in [6, 6.07) is 17.3. The van der Waals surface area contributed by atoms with Crippen LogP contribution in [0.25, 0.3) is 5.70 Å². The number of fused-ring (bicyclic) bond motifs is 1. The molecule has 3 rings (SSSR count). The largest absolute Gasteiger partial charge is 0.234 e. The first-order valence-electron chi connectivity index (χ1n) is 8.52. The molecule has 0 N–H and O–H groups in total. The van der Waals surface area contributed by atoms with E-state index in [0.29, 0.717) is 0 Å². The van der Waals surface area contributed by atoms with Crippen LogP contribution >= 0.6 is 11.8 Å². The number of thioether (sulfide) groups is 1. The Bertz CT molecular complexity index is 747. The first-order chi connectivity index (χ1) is 11.7. The highest BCUT2D eigenvalue weighted by atomic mass is 32.2. The Kier molecular flexibility index (Phi) is 5.41. The molecule has 1 aliphatic carbocycles. The van der Waals surface area contributed by atoms with Gasteiger partial charge in [-0.15, -0.1) is 11.8 Å². The molecule has 24 heavy (non-hydrogen) atoms. The van der Waals surface area contributed by atoms with Gasteiger partial charge in [0.25, 0.3) is 0 Å². The second kappa shape index (κ2) is 7.71. The molecule has 0 heterocycles. The van der Waals surface area contributed by atoms with Crippen LogP contribution in [0.4, 0.5) is 5.69 Å². The van der Waals surface area contributed by atoms with Crippen LogP contribution < -0.4 is 5.01 Å². The van der Waals surface area contributed by atoms with Gasteiger partial charge in [-0.25, -0.2) is 5.01 Å². The zero-order chi connectivity index (χ0) is 16.9. The van der Waals surface area contributed by atoms with Gasteiger partial charge in [0, 0.05) is 17.2 Å². The third-order valence-corrected chi connectivity index (χ3v) is 5.57. The summed E-state index contributed by atoms with van der Waals surface area (Å²) in [6.45, 7) is 8.24. The van der Waals surface area contributed by atoms with Crippen molar-refractivity contribution in [3.63, 3.8) is 0 Å². The Labute approximate surface area is 149 Å². The molecule has 2 aromatic rings. The van der Waals surface area contributed by atoms with E-state index < -0.39 is 0 Å². The lowest BCUT2D eigenvalue weighted by Gasteiger charge is -2.29. The number of benzene rings is 2.